The van der Waals surface area contributed by atoms with Crippen molar-refractivity contribution in [2.45, 2.75) is 32.9 Å². The first-order chi connectivity index (χ1) is 7.83. The molecule has 1 rings (SSSR count). The highest BCUT2D eigenvalue weighted by Gasteiger charge is 2.17. The Morgan fingerprint density at radius 3 is 2.53 bits per heavy atom. The van der Waals surface area contributed by atoms with Crippen LogP contribution in [0.5, 0.6) is 0 Å². The van der Waals surface area contributed by atoms with Crippen molar-refractivity contribution in [2.75, 3.05) is 25.5 Å². The van der Waals surface area contributed by atoms with E-state index in [9.17, 15) is 5.11 Å². The Hall–Kier alpha value is -1.06. The zero-order valence-electron chi connectivity index (χ0n) is 11.5. The fraction of sp³-hybridized carbons (Fsp3) is 0.571. The van der Waals surface area contributed by atoms with Crippen molar-refractivity contribution in [3.05, 3.63) is 29.3 Å². The molecule has 0 amide bonds. The van der Waals surface area contributed by atoms with Gasteiger partial charge in [0.15, 0.2) is 0 Å². The molecule has 3 heteroatoms. The van der Waals surface area contributed by atoms with Gasteiger partial charge in [0.05, 0.1) is 5.60 Å². The molecule has 0 aliphatic carbocycles. The molecule has 0 heterocycles. The van der Waals surface area contributed by atoms with Crippen LogP contribution in [0, 0.1) is 6.92 Å². The van der Waals surface area contributed by atoms with E-state index in [1.54, 1.807) is 0 Å². The average Bonchev–Trinajstić information content (AvgIpc) is 2.15. The largest absolute Gasteiger partial charge is 0.389 e. The second kappa shape index (κ2) is 5.52. The number of nitrogens with one attached hydrogen (secondary N) is 1. The van der Waals surface area contributed by atoms with Gasteiger partial charge in [-0.15, -0.1) is 0 Å². The molecule has 1 aromatic rings. The van der Waals surface area contributed by atoms with Gasteiger partial charge in [0.2, 0.25) is 0 Å². The van der Waals surface area contributed by atoms with E-state index in [4.69, 9.17) is 0 Å². The molecule has 0 aliphatic heterocycles. The van der Waals surface area contributed by atoms with E-state index in [0.717, 1.165) is 6.54 Å². The number of benzene rings is 1. The quantitative estimate of drug-likeness (QED) is 0.820. The molecule has 3 nitrogen and oxygen atoms in total. The lowest BCUT2D eigenvalue weighted by Crippen LogP contribution is -2.36. The van der Waals surface area contributed by atoms with Crippen LogP contribution in [-0.2, 0) is 6.54 Å². The molecule has 17 heavy (non-hydrogen) atoms. The zero-order chi connectivity index (χ0) is 13.1. The van der Waals surface area contributed by atoms with Crippen LogP contribution in [0.2, 0.25) is 0 Å². The Morgan fingerprint density at radius 1 is 1.35 bits per heavy atom. The predicted octanol–water partition coefficient (Wildman–Crippen LogP) is 1.92. The maximum absolute atomic E-state index is 9.87. The number of hydrogen-bond donors (Lipinski definition) is 2. The maximum Gasteiger partial charge on any atom is 0.0765 e. The van der Waals surface area contributed by atoms with E-state index < -0.39 is 5.60 Å². The highest BCUT2D eigenvalue weighted by atomic mass is 16.3. The van der Waals surface area contributed by atoms with Gasteiger partial charge in [-0.05, 0) is 39.4 Å². The fourth-order valence-corrected chi connectivity index (χ4v) is 2.08. The molecule has 0 spiro atoms. The van der Waals surface area contributed by atoms with Crippen molar-refractivity contribution in [1.82, 2.24) is 5.32 Å². The molecule has 0 atom stereocenters. The molecular weight excluding hydrogens is 212 g/mol. The van der Waals surface area contributed by atoms with Crippen molar-refractivity contribution in [3.8, 4) is 0 Å². The molecular formula is C14H24N2O. The smallest absolute Gasteiger partial charge is 0.0765 e. The van der Waals surface area contributed by atoms with Gasteiger partial charge in [0, 0.05) is 25.8 Å². The summed E-state index contributed by atoms with van der Waals surface area (Å²) in [4.78, 5) is 2.10. The zero-order valence-corrected chi connectivity index (χ0v) is 11.5. The summed E-state index contributed by atoms with van der Waals surface area (Å²) in [6.45, 7) is 7.21. The van der Waals surface area contributed by atoms with Crippen LogP contribution in [0.4, 0.5) is 5.69 Å². The standard InChI is InChI=1S/C14H24N2O/c1-11-6-7-13(12(8-11)9-15-4)16(5)10-14(2,3)17/h6-8,15,17H,9-10H2,1-5H3. The molecule has 0 aromatic heterocycles. The van der Waals surface area contributed by atoms with E-state index in [-0.39, 0.29) is 0 Å². The summed E-state index contributed by atoms with van der Waals surface area (Å²) in [7, 11) is 3.96. The molecule has 0 bridgehead atoms. The Morgan fingerprint density at radius 2 is 2.00 bits per heavy atom. The van der Waals surface area contributed by atoms with Crippen molar-refractivity contribution in [3.63, 3.8) is 0 Å². The fourth-order valence-electron chi connectivity index (χ4n) is 2.08. The highest BCUT2D eigenvalue weighted by molar-refractivity contribution is 5.54. The average molecular weight is 236 g/mol. The summed E-state index contributed by atoms with van der Waals surface area (Å²) >= 11 is 0. The van der Waals surface area contributed by atoms with Gasteiger partial charge >= 0.3 is 0 Å². The Balaban J connectivity index is 2.95. The number of likely N-dealkylation sites (N-methyl/N-ethyl adjacent to an activating group) is 1. The van der Waals surface area contributed by atoms with Gasteiger partial charge in [0.25, 0.3) is 0 Å². The van der Waals surface area contributed by atoms with Crippen molar-refractivity contribution >= 4 is 5.69 Å². The maximum atomic E-state index is 9.87. The molecule has 0 unspecified atom stereocenters. The van der Waals surface area contributed by atoms with E-state index in [1.165, 1.54) is 16.8 Å². The number of aryl methyl sites for hydroxylation is 1. The third kappa shape index (κ3) is 4.36. The molecule has 0 radical (unpaired) electrons. The number of anilines is 1. The summed E-state index contributed by atoms with van der Waals surface area (Å²) in [5, 5.41) is 13.0. The minimum Gasteiger partial charge on any atom is -0.389 e. The summed E-state index contributed by atoms with van der Waals surface area (Å²) in [5.41, 5.74) is 3.01. The van der Waals surface area contributed by atoms with Crippen molar-refractivity contribution in [1.29, 1.82) is 0 Å². The van der Waals surface area contributed by atoms with E-state index >= 15 is 0 Å². The molecule has 1 aromatic carbocycles. The molecule has 96 valence electrons. The number of aliphatic hydroxyl groups is 1. The van der Waals surface area contributed by atoms with E-state index in [0.29, 0.717) is 6.54 Å². The Labute approximate surface area is 104 Å². The summed E-state index contributed by atoms with van der Waals surface area (Å²) in [6, 6.07) is 6.41. The van der Waals surface area contributed by atoms with Gasteiger partial charge < -0.3 is 15.3 Å². The van der Waals surface area contributed by atoms with Crippen LogP contribution in [-0.4, -0.2) is 31.3 Å². The van der Waals surface area contributed by atoms with Crippen LogP contribution in [0.25, 0.3) is 0 Å². The summed E-state index contributed by atoms with van der Waals surface area (Å²) in [5.74, 6) is 0. The van der Waals surface area contributed by atoms with Crippen LogP contribution in [0.15, 0.2) is 18.2 Å². The van der Waals surface area contributed by atoms with E-state index in [2.05, 4.69) is 35.3 Å². The van der Waals surface area contributed by atoms with Crippen LogP contribution >= 0.6 is 0 Å². The predicted molar refractivity (Wildman–Crippen MR) is 73.5 cm³/mol. The van der Waals surface area contributed by atoms with Crippen molar-refractivity contribution < 1.29 is 5.11 Å². The van der Waals surface area contributed by atoms with Crippen LogP contribution in [0.3, 0.4) is 0 Å². The third-order valence-electron chi connectivity index (χ3n) is 2.64. The molecule has 0 aliphatic rings. The lowest BCUT2D eigenvalue weighted by molar-refractivity contribution is 0.0886. The molecule has 0 saturated carbocycles. The van der Waals surface area contributed by atoms with E-state index in [1.807, 2.05) is 27.9 Å². The molecule has 2 N–H and O–H groups in total. The lowest BCUT2D eigenvalue weighted by Gasteiger charge is -2.29. The number of rotatable bonds is 5. The van der Waals surface area contributed by atoms with Crippen molar-refractivity contribution in [2.24, 2.45) is 0 Å². The second-order valence-electron chi connectivity index (χ2n) is 5.33. The lowest BCUT2D eigenvalue weighted by atomic mass is 10.1. The van der Waals surface area contributed by atoms with Crippen LogP contribution in [0.1, 0.15) is 25.0 Å². The van der Waals surface area contributed by atoms with Gasteiger partial charge in [-0.3, -0.25) is 0 Å². The first kappa shape index (κ1) is 14.0. The first-order valence-corrected chi connectivity index (χ1v) is 6.01. The molecule has 0 fully saturated rings. The monoisotopic (exact) mass is 236 g/mol. The minimum atomic E-state index is -0.684. The normalized spacial score (nSPS) is 11.6. The Kier molecular flexibility index (Phi) is 4.54. The summed E-state index contributed by atoms with van der Waals surface area (Å²) in [6.07, 6.45) is 0. The van der Waals surface area contributed by atoms with Gasteiger partial charge in [-0.25, -0.2) is 0 Å². The Bertz CT molecular complexity index is 369. The SMILES string of the molecule is CNCc1cc(C)ccc1N(C)CC(C)(C)O. The third-order valence-corrected chi connectivity index (χ3v) is 2.64. The van der Waals surface area contributed by atoms with Gasteiger partial charge in [0.1, 0.15) is 0 Å². The summed E-state index contributed by atoms with van der Waals surface area (Å²) < 4.78 is 0. The van der Waals surface area contributed by atoms with Crippen LogP contribution < -0.4 is 10.2 Å². The van der Waals surface area contributed by atoms with Gasteiger partial charge in [-0.1, -0.05) is 17.7 Å². The topological polar surface area (TPSA) is 35.5 Å². The van der Waals surface area contributed by atoms with Gasteiger partial charge in [-0.2, -0.15) is 0 Å². The number of hydrogen-bond acceptors (Lipinski definition) is 3. The first-order valence-electron chi connectivity index (χ1n) is 6.01. The highest BCUT2D eigenvalue weighted by Crippen LogP contribution is 2.22. The number of nitrogens with zero attached hydrogens (tertiary/aromatic N) is 1. The molecule has 0 saturated heterocycles. The second-order valence-corrected chi connectivity index (χ2v) is 5.33. The minimum absolute atomic E-state index is 0.618.